The summed E-state index contributed by atoms with van der Waals surface area (Å²) in [6, 6.07) is 18.8. The van der Waals surface area contributed by atoms with Gasteiger partial charge in [0.1, 0.15) is 0 Å². The number of hydrogen-bond donors (Lipinski definition) is 0. The van der Waals surface area contributed by atoms with E-state index in [2.05, 4.69) is 53.2 Å². The second kappa shape index (κ2) is 9.14. The average molecular weight is 487 g/mol. The second-order valence-electron chi connectivity index (χ2n) is 6.36. The standard InChI is InChI=1S/C23H21NO2S2Se/c1-3-24(4-2)23(25)26-19-12-8-11-18-21(19)28-20(16-13-14-27-15-16)22(18)29-17-9-6-5-7-10-17/h5-15H,3-4H2,1-2H3. The summed E-state index contributed by atoms with van der Waals surface area (Å²) in [5, 5.41) is 5.49. The van der Waals surface area contributed by atoms with E-state index in [1.807, 2.05) is 26.0 Å². The molecule has 3 nitrogen and oxygen atoms in total. The van der Waals surface area contributed by atoms with Crippen molar-refractivity contribution in [3.8, 4) is 16.2 Å². The molecule has 4 rings (SSSR count). The number of nitrogens with zero attached hydrogens (tertiary/aromatic N) is 1. The molecule has 2 aromatic heterocycles. The Morgan fingerprint density at radius 3 is 2.52 bits per heavy atom. The van der Waals surface area contributed by atoms with Crippen molar-refractivity contribution in [1.82, 2.24) is 4.90 Å². The Balaban J connectivity index is 1.81. The molecule has 0 aliphatic heterocycles. The number of rotatable bonds is 6. The van der Waals surface area contributed by atoms with Gasteiger partial charge in [-0.3, -0.25) is 0 Å². The topological polar surface area (TPSA) is 29.5 Å². The van der Waals surface area contributed by atoms with Crippen LogP contribution in [-0.2, 0) is 0 Å². The van der Waals surface area contributed by atoms with Gasteiger partial charge in [0.2, 0.25) is 0 Å². The normalized spacial score (nSPS) is 11.0. The van der Waals surface area contributed by atoms with Crippen LogP contribution in [0.3, 0.4) is 0 Å². The molecule has 0 fully saturated rings. The van der Waals surface area contributed by atoms with Crippen molar-refractivity contribution < 1.29 is 9.53 Å². The third kappa shape index (κ3) is 4.26. The van der Waals surface area contributed by atoms with Crippen molar-refractivity contribution in [1.29, 1.82) is 0 Å². The van der Waals surface area contributed by atoms with Gasteiger partial charge in [-0.05, 0) is 0 Å². The minimum absolute atomic E-state index is 0.165. The Kier molecular flexibility index (Phi) is 6.36. The third-order valence-corrected chi connectivity index (χ3v) is 9.23. The fraction of sp³-hybridized carbons (Fsp3) is 0.174. The molecule has 1 amide bonds. The molecule has 0 saturated heterocycles. The maximum atomic E-state index is 12.5. The van der Waals surface area contributed by atoms with E-state index in [9.17, 15) is 4.79 Å². The fourth-order valence-corrected chi connectivity index (χ4v) is 7.71. The molecule has 0 unspecified atom stereocenters. The number of fused-ring (bicyclic) bond motifs is 1. The molecule has 2 heterocycles. The first-order valence-electron chi connectivity index (χ1n) is 9.49. The van der Waals surface area contributed by atoms with Gasteiger partial charge in [-0.1, -0.05) is 0 Å². The number of thiophene rings is 2. The number of hydrogen-bond acceptors (Lipinski definition) is 4. The Morgan fingerprint density at radius 2 is 1.83 bits per heavy atom. The molecule has 0 radical (unpaired) electrons. The second-order valence-corrected chi connectivity index (χ2v) is 10.4. The molecule has 2 aromatic carbocycles. The van der Waals surface area contributed by atoms with E-state index in [4.69, 9.17) is 4.74 Å². The molecular formula is C23H21NO2S2Se. The molecular weight excluding hydrogens is 465 g/mol. The van der Waals surface area contributed by atoms with Crippen molar-refractivity contribution in [2.75, 3.05) is 13.1 Å². The number of carbonyl (C=O) groups is 1. The van der Waals surface area contributed by atoms with Crippen LogP contribution in [0, 0.1) is 0 Å². The van der Waals surface area contributed by atoms with Crippen LogP contribution in [0.25, 0.3) is 20.5 Å². The minimum atomic E-state index is -0.289. The molecule has 0 bridgehead atoms. The van der Waals surface area contributed by atoms with Crippen molar-refractivity contribution in [2.24, 2.45) is 0 Å². The van der Waals surface area contributed by atoms with Crippen LogP contribution in [0.2, 0.25) is 0 Å². The third-order valence-electron chi connectivity index (χ3n) is 4.60. The molecule has 0 aliphatic carbocycles. The quantitative estimate of drug-likeness (QED) is 0.354. The van der Waals surface area contributed by atoms with Crippen LogP contribution in [0.15, 0.2) is 65.4 Å². The van der Waals surface area contributed by atoms with E-state index in [1.54, 1.807) is 27.6 Å². The van der Waals surface area contributed by atoms with Crippen LogP contribution < -0.4 is 13.7 Å². The van der Waals surface area contributed by atoms with Crippen molar-refractivity contribution in [3.05, 3.63) is 65.4 Å². The maximum absolute atomic E-state index is 12.5. The van der Waals surface area contributed by atoms with Crippen molar-refractivity contribution >= 4 is 62.7 Å². The van der Waals surface area contributed by atoms with Crippen LogP contribution in [0.1, 0.15) is 13.8 Å². The SMILES string of the molecule is CCN(CC)C(=O)Oc1cccc2c([Se]c3ccccc3)c(-c3ccsc3)sc12. The first-order chi connectivity index (χ1) is 14.2. The molecule has 29 heavy (non-hydrogen) atoms. The van der Waals surface area contributed by atoms with E-state index < -0.39 is 0 Å². The molecule has 0 aliphatic rings. The van der Waals surface area contributed by atoms with Crippen molar-refractivity contribution in [3.63, 3.8) is 0 Å². The Labute approximate surface area is 185 Å². The number of carbonyl (C=O) groups excluding carboxylic acids is 1. The number of amides is 1. The van der Waals surface area contributed by atoms with Crippen LogP contribution in [-0.4, -0.2) is 39.0 Å². The zero-order chi connectivity index (χ0) is 20.2. The van der Waals surface area contributed by atoms with E-state index in [-0.39, 0.29) is 21.1 Å². The van der Waals surface area contributed by atoms with Crippen LogP contribution in [0.5, 0.6) is 5.75 Å². The molecule has 4 aromatic rings. The van der Waals surface area contributed by atoms with Gasteiger partial charge in [0, 0.05) is 0 Å². The predicted molar refractivity (Wildman–Crippen MR) is 126 cm³/mol. The summed E-state index contributed by atoms with van der Waals surface area (Å²) in [5.74, 6) is 0.649. The first kappa shape index (κ1) is 20.2. The summed E-state index contributed by atoms with van der Waals surface area (Å²) in [7, 11) is 0. The van der Waals surface area contributed by atoms with E-state index in [1.165, 1.54) is 24.8 Å². The molecule has 0 saturated carbocycles. The Hall–Kier alpha value is -2.11. The summed E-state index contributed by atoms with van der Waals surface area (Å²) < 4.78 is 9.54. The number of ether oxygens (including phenoxy) is 1. The number of benzene rings is 2. The Bertz CT molecular complexity index is 1100. The van der Waals surface area contributed by atoms with Gasteiger partial charge in [0.25, 0.3) is 0 Å². The van der Waals surface area contributed by atoms with Gasteiger partial charge in [-0.15, -0.1) is 0 Å². The summed E-state index contributed by atoms with van der Waals surface area (Å²) in [6.45, 7) is 5.20. The monoisotopic (exact) mass is 487 g/mol. The van der Waals surface area contributed by atoms with Gasteiger partial charge in [0.15, 0.2) is 0 Å². The molecule has 0 atom stereocenters. The molecule has 6 heteroatoms. The molecule has 148 valence electrons. The van der Waals surface area contributed by atoms with Gasteiger partial charge in [-0.2, -0.15) is 0 Å². The van der Waals surface area contributed by atoms with Crippen LogP contribution >= 0.6 is 22.7 Å². The van der Waals surface area contributed by atoms with E-state index >= 15 is 0 Å². The predicted octanol–water partition coefficient (Wildman–Crippen LogP) is 5.13. The zero-order valence-corrected chi connectivity index (χ0v) is 19.6. The van der Waals surface area contributed by atoms with E-state index in [0.29, 0.717) is 18.8 Å². The van der Waals surface area contributed by atoms with Gasteiger partial charge >= 0.3 is 186 Å². The van der Waals surface area contributed by atoms with Gasteiger partial charge in [0.05, 0.1) is 0 Å². The summed E-state index contributed by atoms with van der Waals surface area (Å²) >= 11 is 3.59. The average Bonchev–Trinajstić information content (AvgIpc) is 3.39. The molecule has 0 spiro atoms. The molecule has 0 N–H and O–H groups in total. The van der Waals surface area contributed by atoms with E-state index in [0.717, 1.165) is 4.70 Å². The Morgan fingerprint density at radius 1 is 1.03 bits per heavy atom. The van der Waals surface area contributed by atoms with Crippen molar-refractivity contribution in [2.45, 2.75) is 13.8 Å². The summed E-state index contributed by atoms with van der Waals surface area (Å²) in [4.78, 5) is 15.5. The zero-order valence-electron chi connectivity index (χ0n) is 16.3. The van der Waals surface area contributed by atoms with Crippen LogP contribution in [0.4, 0.5) is 4.79 Å². The summed E-state index contributed by atoms with van der Waals surface area (Å²) in [5.41, 5.74) is 1.24. The fourth-order valence-electron chi connectivity index (χ4n) is 3.08. The van der Waals surface area contributed by atoms with Gasteiger partial charge < -0.3 is 0 Å². The van der Waals surface area contributed by atoms with Gasteiger partial charge in [-0.25, -0.2) is 0 Å². The summed E-state index contributed by atoms with van der Waals surface area (Å²) in [6.07, 6.45) is -0.289. The first-order valence-corrected chi connectivity index (χ1v) is 13.0.